The molecule has 3 aliphatic rings. The molecule has 2 saturated heterocycles. The van der Waals surface area contributed by atoms with E-state index in [-0.39, 0.29) is 22.8 Å². The number of likely N-dealkylation sites (tertiary alicyclic amines) is 1. The van der Waals surface area contributed by atoms with Crippen LogP contribution in [0.25, 0.3) is 0 Å². The lowest BCUT2D eigenvalue weighted by Gasteiger charge is -2.43. The molecule has 3 atom stereocenters. The Balaban J connectivity index is 1.72. The summed E-state index contributed by atoms with van der Waals surface area (Å²) in [6.07, 6.45) is -0.269. The van der Waals surface area contributed by atoms with Crippen molar-refractivity contribution in [2.75, 3.05) is 13.1 Å². The molecular formula is C18H16F3IN2O2. The van der Waals surface area contributed by atoms with Gasteiger partial charge in [0.25, 0.3) is 5.91 Å². The molecule has 26 heavy (non-hydrogen) atoms. The van der Waals surface area contributed by atoms with E-state index in [2.05, 4.69) is 0 Å². The number of halogens is 4. The number of ether oxygens (including phenoxy) is 1. The number of allylic oxidation sites excluding steroid dienone is 2. The van der Waals surface area contributed by atoms with Crippen molar-refractivity contribution in [3.05, 3.63) is 56.7 Å². The molecule has 138 valence electrons. The molecule has 2 aliphatic heterocycles. The second kappa shape index (κ2) is 5.80. The second-order valence-corrected chi connectivity index (χ2v) is 8.22. The van der Waals surface area contributed by atoms with E-state index in [1.807, 2.05) is 29.5 Å². The first-order chi connectivity index (χ1) is 12.2. The molecule has 8 heteroatoms. The molecule has 2 heterocycles. The molecule has 4 nitrogen and oxygen atoms in total. The van der Waals surface area contributed by atoms with Crippen LogP contribution in [0.4, 0.5) is 13.2 Å². The van der Waals surface area contributed by atoms with Crippen LogP contribution in [0, 0.1) is 9.39 Å². The molecule has 3 unspecified atom stereocenters. The van der Waals surface area contributed by atoms with Crippen LogP contribution in [-0.2, 0) is 15.1 Å². The van der Waals surface area contributed by atoms with Gasteiger partial charge in [-0.3, -0.25) is 4.79 Å². The van der Waals surface area contributed by atoms with E-state index in [0.717, 1.165) is 12.2 Å². The Morgan fingerprint density at radius 3 is 2.58 bits per heavy atom. The molecule has 1 aromatic rings. The van der Waals surface area contributed by atoms with Crippen molar-refractivity contribution in [1.29, 1.82) is 0 Å². The predicted octanol–water partition coefficient (Wildman–Crippen LogP) is 2.72. The van der Waals surface area contributed by atoms with E-state index in [0.29, 0.717) is 16.7 Å². The lowest BCUT2D eigenvalue weighted by molar-refractivity contribution is -0.135. The van der Waals surface area contributed by atoms with Crippen molar-refractivity contribution in [3.8, 4) is 0 Å². The van der Waals surface area contributed by atoms with Gasteiger partial charge in [-0.1, -0.05) is 6.07 Å². The molecule has 0 radical (unpaired) electrons. The fraction of sp³-hybridized carbons (Fsp3) is 0.389. The van der Waals surface area contributed by atoms with Crippen LogP contribution in [0.2, 0.25) is 0 Å². The van der Waals surface area contributed by atoms with E-state index in [9.17, 15) is 18.0 Å². The van der Waals surface area contributed by atoms with Gasteiger partial charge in [0.05, 0.1) is 19.2 Å². The summed E-state index contributed by atoms with van der Waals surface area (Å²) in [6, 6.07) is 4.01. The molecule has 1 aromatic carbocycles. The van der Waals surface area contributed by atoms with E-state index < -0.39 is 29.3 Å². The average Bonchev–Trinajstić information content (AvgIpc) is 3.22. The van der Waals surface area contributed by atoms with Crippen molar-refractivity contribution < 1.29 is 22.7 Å². The average molecular weight is 476 g/mol. The third-order valence-corrected chi connectivity index (χ3v) is 6.07. The van der Waals surface area contributed by atoms with Gasteiger partial charge in [0.15, 0.2) is 6.17 Å². The van der Waals surface area contributed by atoms with E-state index >= 15 is 0 Å². The lowest BCUT2D eigenvalue weighted by Crippen LogP contribution is -2.61. The van der Waals surface area contributed by atoms with Gasteiger partial charge in [-0.25, -0.2) is 13.2 Å². The first-order valence-electron chi connectivity index (χ1n) is 8.12. The lowest BCUT2D eigenvalue weighted by atomic mass is 9.75. The largest absolute Gasteiger partial charge is 0.362 e. The molecule has 1 aliphatic carbocycles. The van der Waals surface area contributed by atoms with Gasteiger partial charge < -0.3 is 15.4 Å². The van der Waals surface area contributed by atoms with E-state index in [1.165, 1.54) is 23.1 Å². The minimum Gasteiger partial charge on any atom is -0.362 e. The zero-order valence-electron chi connectivity index (χ0n) is 13.8. The highest BCUT2D eigenvalue weighted by atomic mass is 127. The summed E-state index contributed by atoms with van der Waals surface area (Å²) >= 11 is 1.90. The number of epoxide rings is 1. The summed E-state index contributed by atoms with van der Waals surface area (Å²) in [7, 11) is 0. The van der Waals surface area contributed by atoms with Gasteiger partial charge in [-0.15, -0.1) is 0 Å². The first-order valence-corrected chi connectivity index (χ1v) is 9.20. The molecule has 1 spiro atoms. The van der Waals surface area contributed by atoms with Crippen LogP contribution >= 0.6 is 22.6 Å². The van der Waals surface area contributed by atoms with Crippen LogP contribution in [-0.4, -0.2) is 41.8 Å². The number of carbonyl (C=O) groups excluding carboxylic acids is 1. The third-order valence-electron chi connectivity index (χ3n) is 5.40. The second-order valence-electron chi connectivity index (χ2n) is 6.97. The molecular weight excluding hydrogens is 460 g/mol. The molecule has 2 fully saturated rings. The van der Waals surface area contributed by atoms with Crippen molar-refractivity contribution in [3.63, 3.8) is 0 Å². The fourth-order valence-corrected chi connectivity index (χ4v) is 4.11. The topological polar surface area (TPSA) is 58.9 Å². The summed E-state index contributed by atoms with van der Waals surface area (Å²) in [5, 5.41) is 0. The van der Waals surface area contributed by atoms with Gasteiger partial charge in [-0.2, -0.15) is 0 Å². The van der Waals surface area contributed by atoms with Gasteiger partial charge in [0.1, 0.15) is 22.8 Å². The predicted molar refractivity (Wildman–Crippen MR) is 97.0 cm³/mol. The van der Waals surface area contributed by atoms with Crippen LogP contribution in [0.3, 0.4) is 0 Å². The Bertz CT molecular complexity index is 866. The highest BCUT2D eigenvalue weighted by molar-refractivity contribution is 14.1. The number of nitrogens with zero attached hydrogens (tertiary/aromatic N) is 1. The number of amides is 1. The molecule has 2 N–H and O–H groups in total. The van der Waals surface area contributed by atoms with Crippen LogP contribution in [0.1, 0.15) is 12.5 Å². The van der Waals surface area contributed by atoms with Gasteiger partial charge >= 0.3 is 0 Å². The highest BCUT2D eigenvalue weighted by Gasteiger charge is 2.63. The van der Waals surface area contributed by atoms with Gasteiger partial charge in [0.2, 0.25) is 0 Å². The number of hydrogen-bond donors (Lipinski definition) is 1. The maximum absolute atomic E-state index is 14.8. The maximum atomic E-state index is 14.8. The number of rotatable bonds is 2. The minimum absolute atomic E-state index is 0.0643. The Hall–Kier alpha value is -1.39. The van der Waals surface area contributed by atoms with E-state index in [4.69, 9.17) is 10.5 Å². The normalized spacial score (nSPS) is 32.0. The maximum Gasteiger partial charge on any atom is 0.252 e. The Morgan fingerprint density at radius 2 is 2.00 bits per heavy atom. The van der Waals surface area contributed by atoms with Crippen molar-refractivity contribution in [2.24, 2.45) is 5.73 Å². The van der Waals surface area contributed by atoms with Crippen LogP contribution in [0.15, 0.2) is 41.8 Å². The Kier molecular flexibility index (Phi) is 4.02. The monoisotopic (exact) mass is 476 g/mol. The fourth-order valence-electron chi connectivity index (χ4n) is 3.66. The van der Waals surface area contributed by atoms with Crippen molar-refractivity contribution in [2.45, 2.75) is 30.3 Å². The molecule has 0 bridgehead atoms. The first kappa shape index (κ1) is 18.0. The Labute approximate surface area is 162 Å². The minimum atomic E-state index is -2.35. The van der Waals surface area contributed by atoms with Crippen LogP contribution < -0.4 is 5.73 Å². The molecule has 0 aromatic heterocycles. The molecule has 1 amide bonds. The standard InChI is InChI=1S/C18H16F3IN2O2/c1-9-17(26-9)7-24(8-17)16(25)12-4-5-13(19)15(21)18(12,23)11-3-2-10(22)6-14(11)20/h2-6,9,15H,7-8,23H2,1H3. The number of alkyl halides is 1. The quantitative estimate of drug-likeness (QED) is 0.528. The Morgan fingerprint density at radius 1 is 1.35 bits per heavy atom. The molecule has 4 rings (SSSR count). The number of carbonyl (C=O) groups is 1. The zero-order valence-corrected chi connectivity index (χ0v) is 16.0. The summed E-state index contributed by atoms with van der Waals surface area (Å²) in [5.74, 6) is -2.46. The SMILES string of the molecule is CC1OC12CN(C(=O)C1=CC=C(F)C(F)C1(N)c1ccc(I)cc1F)C2. The van der Waals surface area contributed by atoms with Crippen LogP contribution in [0.5, 0.6) is 0 Å². The third kappa shape index (κ3) is 2.45. The number of hydrogen-bond acceptors (Lipinski definition) is 3. The van der Waals surface area contributed by atoms with Crippen molar-refractivity contribution in [1.82, 2.24) is 4.90 Å². The summed E-state index contributed by atoms with van der Waals surface area (Å²) < 4.78 is 49.4. The van der Waals surface area contributed by atoms with Crippen molar-refractivity contribution >= 4 is 28.5 Å². The smallest absolute Gasteiger partial charge is 0.252 e. The summed E-state index contributed by atoms with van der Waals surface area (Å²) in [5.41, 5.74) is 3.21. The zero-order chi connectivity index (χ0) is 18.9. The number of nitrogens with two attached hydrogens (primary N) is 1. The van der Waals surface area contributed by atoms with Gasteiger partial charge in [-0.05, 0) is 53.8 Å². The highest BCUT2D eigenvalue weighted by Crippen LogP contribution is 2.47. The van der Waals surface area contributed by atoms with Gasteiger partial charge in [0, 0.05) is 14.7 Å². The number of benzene rings is 1. The van der Waals surface area contributed by atoms with E-state index in [1.54, 1.807) is 0 Å². The molecule has 0 saturated carbocycles. The summed E-state index contributed by atoms with van der Waals surface area (Å²) in [6.45, 7) is 2.63. The summed E-state index contributed by atoms with van der Waals surface area (Å²) in [4.78, 5) is 14.4.